The zero-order valence-electron chi connectivity index (χ0n) is 8.45. The van der Waals surface area contributed by atoms with Crippen LogP contribution in [0.4, 0.5) is 4.39 Å². The summed E-state index contributed by atoms with van der Waals surface area (Å²) >= 11 is 11.9. The van der Waals surface area contributed by atoms with Gasteiger partial charge >= 0.3 is 0 Å². The van der Waals surface area contributed by atoms with E-state index < -0.39 is 5.95 Å². The summed E-state index contributed by atoms with van der Waals surface area (Å²) in [4.78, 5) is 14.4. The minimum Gasteiger partial charge on any atom is -0.298 e. The van der Waals surface area contributed by atoms with E-state index in [4.69, 9.17) is 23.2 Å². The van der Waals surface area contributed by atoms with Gasteiger partial charge in [0.1, 0.15) is 0 Å². The van der Waals surface area contributed by atoms with Gasteiger partial charge < -0.3 is 0 Å². The summed E-state index contributed by atoms with van der Waals surface area (Å²) in [6.45, 7) is 0. The van der Waals surface area contributed by atoms with Crippen LogP contribution in [0.15, 0.2) is 30.5 Å². The average Bonchev–Trinajstić information content (AvgIpc) is 2.32. The van der Waals surface area contributed by atoms with Gasteiger partial charge in [0.15, 0.2) is 6.29 Å². The van der Waals surface area contributed by atoms with Crippen molar-refractivity contribution in [3.63, 3.8) is 0 Å². The minimum atomic E-state index is -0.714. The molecule has 86 valence electrons. The Bertz CT molecular complexity index is 587. The van der Waals surface area contributed by atoms with Crippen molar-refractivity contribution in [2.24, 2.45) is 0 Å². The molecule has 0 N–H and O–H groups in total. The predicted molar refractivity (Wildman–Crippen MR) is 65.0 cm³/mol. The van der Waals surface area contributed by atoms with E-state index in [1.54, 1.807) is 18.2 Å². The van der Waals surface area contributed by atoms with Crippen molar-refractivity contribution in [2.75, 3.05) is 0 Å². The van der Waals surface area contributed by atoms with Crippen LogP contribution < -0.4 is 0 Å². The third-order valence-corrected chi connectivity index (χ3v) is 2.81. The maximum absolute atomic E-state index is 12.9. The number of aldehydes is 1. The van der Waals surface area contributed by atoms with Crippen LogP contribution in [0.3, 0.4) is 0 Å². The molecular weight excluding hydrogens is 264 g/mol. The highest BCUT2D eigenvalue weighted by molar-refractivity contribution is 6.35. The lowest BCUT2D eigenvalue weighted by Gasteiger charge is -2.07. The summed E-state index contributed by atoms with van der Waals surface area (Å²) in [5.41, 5.74) is 1.18. The van der Waals surface area contributed by atoms with Crippen LogP contribution in [-0.4, -0.2) is 11.3 Å². The number of aromatic nitrogens is 1. The lowest BCUT2D eigenvalue weighted by molar-refractivity contribution is 0.112. The van der Waals surface area contributed by atoms with Crippen molar-refractivity contribution in [1.29, 1.82) is 0 Å². The Morgan fingerprint density at radius 2 is 1.94 bits per heavy atom. The number of carbonyl (C=O) groups is 1. The Morgan fingerprint density at radius 3 is 2.65 bits per heavy atom. The Hall–Kier alpha value is -1.45. The zero-order valence-corrected chi connectivity index (χ0v) is 9.97. The fourth-order valence-electron chi connectivity index (χ4n) is 1.47. The molecule has 0 aliphatic rings. The molecule has 0 radical (unpaired) electrons. The molecule has 5 heteroatoms. The van der Waals surface area contributed by atoms with Crippen molar-refractivity contribution in [2.45, 2.75) is 0 Å². The number of pyridine rings is 1. The summed E-state index contributed by atoms with van der Waals surface area (Å²) in [6.07, 6.45) is 1.81. The molecule has 0 fully saturated rings. The van der Waals surface area contributed by atoms with E-state index in [9.17, 15) is 9.18 Å². The van der Waals surface area contributed by atoms with Gasteiger partial charge in [-0.25, -0.2) is 4.98 Å². The third kappa shape index (κ3) is 2.46. The van der Waals surface area contributed by atoms with Crippen LogP contribution >= 0.6 is 23.2 Å². The number of nitrogens with zero attached hydrogens (tertiary/aromatic N) is 1. The Kier molecular flexibility index (Phi) is 3.41. The van der Waals surface area contributed by atoms with Gasteiger partial charge in [0, 0.05) is 39.0 Å². The maximum Gasteiger partial charge on any atom is 0.213 e. The molecule has 0 aliphatic carbocycles. The summed E-state index contributed by atoms with van der Waals surface area (Å²) in [7, 11) is 0. The molecule has 0 saturated heterocycles. The van der Waals surface area contributed by atoms with Crippen LogP contribution in [-0.2, 0) is 0 Å². The van der Waals surface area contributed by atoms with E-state index in [-0.39, 0.29) is 5.56 Å². The van der Waals surface area contributed by atoms with Gasteiger partial charge in [0.25, 0.3) is 0 Å². The highest BCUT2D eigenvalue weighted by Crippen LogP contribution is 2.31. The average molecular weight is 270 g/mol. The van der Waals surface area contributed by atoms with Gasteiger partial charge in [-0.2, -0.15) is 4.39 Å². The normalized spacial score (nSPS) is 10.3. The largest absolute Gasteiger partial charge is 0.298 e. The molecule has 1 heterocycles. The number of halogens is 3. The number of carbonyl (C=O) groups excluding carboxylic acids is 1. The second kappa shape index (κ2) is 4.82. The van der Waals surface area contributed by atoms with Gasteiger partial charge in [-0.05, 0) is 18.2 Å². The van der Waals surface area contributed by atoms with Gasteiger partial charge in [0.05, 0.1) is 0 Å². The summed E-state index contributed by atoms with van der Waals surface area (Å²) in [6, 6.07) is 5.90. The smallest absolute Gasteiger partial charge is 0.213 e. The summed E-state index contributed by atoms with van der Waals surface area (Å²) < 4.78 is 12.9. The van der Waals surface area contributed by atoms with Crippen LogP contribution in [0.5, 0.6) is 0 Å². The molecular formula is C12H6Cl2FNO. The molecule has 0 amide bonds. The van der Waals surface area contributed by atoms with E-state index >= 15 is 0 Å². The molecule has 0 unspecified atom stereocenters. The molecule has 2 aromatic rings. The Labute approximate surface area is 107 Å². The van der Waals surface area contributed by atoms with Gasteiger partial charge in [-0.1, -0.05) is 23.2 Å². The first-order chi connectivity index (χ1) is 8.11. The molecule has 1 aromatic carbocycles. The molecule has 0 atom stereocenters. The van der Waals surface area contributed by atoms with Gasteiger partial charge in [0.2, 0.25) is 5.95 Å². The summed E-state index contributed by atoms with van der Waals surface area (Å²) in [5.74, 6) is -0.714. The molecule has 0 spiro atoms. The van der Waals surface area contributed by atoms with Crippen molar-refractivity contribution in [3.8, 4) is 11.1 Å². The topological polar surface area (TPSA) is 30.0 Å². The van der Waals surface area contributed by atoms with Crippen LogP contribution in [0, 0.1) is 5.95 Å². The lowest BCUT2D eigenvalue weighted by atomic mass is 10.0. The second-order valence-corrected chi connectivity index (χ2v) is 4.18. The molecule has 2 nitrogen and oxygen atoms in total. The van der Waals surface area contributed by atoms with Crippen LogP contribution in [0.2, 0.25) is 10.0 Å². The molecule has 1 aromatic heterocycles. The molecule has 0 saturated carbocycles. The predicted octanol–water partition coefficient (Wildman–Crippen LogP) is 4.01. The van der Waals surface area contributed by atoms with E-state index in [2.05, 4.69) is 4.98 Å². The van der Waals surface area contributed by atoms with Crippen molar-refractivity contribution >= 4 is 29.5 Å². The first-order valence-electron chi connectivity index (χ1n) is 4.68. The van der Waals surface area contributed by atoms with Gasteiger partial charge in [-0.15, -0.1) is 0 Å². The first-order valence-corrected chi connectivity index (χ1v) is 5.43. The minimum absolute atomic E-state index is 0.182. The standard InChI is InChI=1S/C12H6Cl2FNO/c13-8-1-2-11(14)9(4-8)10-5-16-12(15)3-7(10)6-17/h1-6H. The van der Waals surface area contributed by atoms with E-state index in [0.29, 0.717) is 27.5 Å². The highest BCUT2D eigenvalue weighted by Gasteiger charge is 2.10. The number of benzene rings is 1. The SMILES string of the molecule is O=Cc1cc(F)ncc1-c1cc(Cl)ccc1Cl. The summed E-state index contributed by atoms with van der Waals surface area (Å²) in [5, 5.41) is 0.900. The van der Waals surface area contributed by atoms with Crippen molar-refractivity contribution in [1.82, 2.24) is 4.98 Å². The van der Waals surface area contributed by atoms with Gasteiger partial charge in [-0.3, -0.25) is 4.79 Å². The third-order valence-electron chi connectivity index (χ3n) is 2.25. The number of hydrogen-bond donors (Lipinski definition) is 0. The highest BCUT2D eigenvalue weighted by atomic mass is 35.5. The van der Waals surface area contributed by atoms with Crippen molar-refractivity contribution < 1.29 is 9.18 Å². The number of rotatable bonds is 2. The maximum atomic E-state index is 12.9. The quantitative estimate of drug-likeness (QED) is 0.609. The Balaban J connectivity index is 2.67. The van der Waals surface area contributed by atoms with E-state index in [0.717, 1.165) is 6.07 Å². The second-order valence-electron chi connectivity index (χ2n) is 3.34. The van der Waals surface area contributed by atoms with E-state index in [1.807, 2.05) is 0 Å². The molecule has 2 rings (SSSR count). The molecule has 0 bridgehead atoms. The molecule has 17 heavy (non-hydrogen) atoms. The fourth-order valence-corrected chi connectivity index (χ4v) is 1.86. The zero-order chi connectivity index (χ0) is 12.4. The van der Waals surface area contributed by atoms with Crippen LogP contribution in [0.25, 0.3) is 11.1 Å². The lowest BCUT2D eigenvalue weighted by Crippen LogP contribution is -1.93. The van der Waals surface area contributed by atoms with Crippen molar-refractivity contribution in [3.05, 3.63) is 52.0 Å². The first kappa shape index (κ1) is 12.0. The molecule has 0 aliphatic heterocycles. The monoisotopic (exact) mass is 269 g/mol. The Morgan fingerprint density at radius 1 is 1.18 bits per heavy atom. The fraction of sp³-hybridized carbons (Fsp3) is 0. The van der Waals surface area contributed by atoms with E-state index in [1.165, 1.54) is 6.20 Å². The van der Waals surface area contributed by atoms with Crippen LogP contribution in [0.1, 0.15) is 10.4 Å². The number of hydrogen-bond acceptors (Lipinski definition) is 2.